The van der Waals surface area contributed by atoms with Crippen molar-refractivity contribution in [3.63, 3.8) is 0 Å². The van der Waals surface area contributed by atoms with Gasteiger partial charge in [0, 0.05) is 25.0 Å². The van der Waals surface area contributed by atoms with Gasteiger partial charge in [-0.25, -0.2) is 4.98 Å². The number of nitrogens with one attached hydrogen (secondary N) is 2. The van der Waals surface area contributed by atoms with Crippen LogP contribution in [0.1, 0.15) is 5.82 Å². The zero-order valence-corrected chi connectivity index (χ0v) is 12.5. The van der Waals surface area contributed by atoms with Crippen LogP contribution in [0.25, 0.3) is 11.0 Å². The van der Waals surface area contributed by atoms with E-state index in [1.54, 1.807) is 0 Å². The molecule has 0 atom stereocenters. The Morgan fingerprint density at radius 3 is 2.87 bits per heavy atom. The predicted molar refractivity (Wildman–Crippen MR) is 85.1 cm³/mol. The number of nitrogens with zero attached hydrogens (tertiary/aromatic N) is 4. The second-order valence-corrected chi connectivity index (χ2v) is 5.23. The van der Waals surface area contributed by atoms with E-state index in [0.29, 0.717) is 0 Å². The van der Waals surface area contributed by atoms with Crippen LogP contribution in [0, 0.1) is 22.7 Å². The number of hydrogen-bond donors (Lipinski definition) is 2. The molecule has 0 bridgehead atoms. The maximum Gasteiger partial charge on any atom is 0.145 e. The third-order valence-electron chi connectivity index (χ3n) is 3.63. The van der Waals surface area contributed by atoms with Gasteiger partial charge in [0.05, 0.1) is 30.8 Å². The number of hydrogen-bond acceptors (Lipinski definition) is 6. The van der Waals surface area contributed by atoms with Crippen LogP contribution in [-0.4, -0.2) is 41.2 Å². The van der Waals surface area contributed by atoms with Crippen molar-refractivity contribution in [2.75, 3.05) is 31.6 Å². The lowest BCUT2D eigenvalue weighted by Gasteiger charge is -2.25. The van der Waals surface area contributed by atoms with Gasteiger partial charge < -0.3 is 15.0 Å². The minimum absolute atomic E-state index is 0.0303. The maximum atomic E-state index is 8.72. The summed E-state index contributed by atoms with van der Waals surface area (Å²) in [5.74, 6) is 0.921. The Morgan fingerprint density at radius 1 is 1.35 bits per heavy atom. The molecule has 0 saturated carbocycles. The third-order valence-corrected chi connectivity index (χ3v) is 3.63. The Kier molecular flexibility index (Phi) is 4.53. The lowest BCUT2D eigenvalue weighted by atomic mass is 10.2. The average Bonchev–Trinajstić information content (AvgIpc) is 2.98. The molecule has 7 heteroatoms. The van der Waals surface area contributed by atoms with Crippen LogP contribution in [0.15, 0.2) is 30.0 Å². The highest BCUT2D eigenvalue weighted by Crippen LogP contribution is 2.18. The lowest BCUT2D eigenvalue weighted by Crippen LogP contribution is -2.35. The molecule has 0 aliphatic carbocycles. The van der Waals surface area contributed by atoms with Crippen LogP contribution in [-0.2, 0) is 11.3 Å². The quantitative estimate of drug-likeness (QED) is 0.834. The van der Waals surface area contributed by atoms with E-state index in [9.17, 15) is 0 Å². The smallest absolute Gasteiger partial charge is 0.145 e. The molecule has 1 aliphatic heterocycles. The summed E-state index contributed by atoms with van der Waals surface area (Å²) in [6.07, 6.45) is 1.40. The van der Waals surface area contributed by atoms with Gasteiger partial charge in [0.25, 0.3) is 0 Å². The first kappa shape index (κ1) is 15.0. The molecule has 0 spiro atoms. The van der Waals surface area contributed by atoms with Gasteiger partial charge in [0.2, 0.25) is 0 Å². The second kappa shape index (κ2) is 6.93. The maximum absolute atomic E-state index is 8.72. The van der Waals surface area contributed by atoms with Crippen molar-refractivity contribution in [3.8, 4) is 12.1 Å². The predicted octanol–water partition coefficient (Wildman–Crippen LogP) is 1.74. The van der Waals surface area contributed by atoms with Crippen molar-refractivity contribution < 1.29 is 4.74 Å². The normalized spacial score (nSPS) is 14.9. The number of rotatable bonds is 4. The summed E-state index contributed by atoms with van der Waals surface area (Å²) in [6.45, 7) is 4.13. The van der Waals surface area contributed by atoms with E-state index in [1.807, 2.05) is 30.3 Å². The number of nitriles is 2. The Bertz CT molecular complexity index is 788. The number of allylic oxidation sites excluding steroid dienone is 1. The highest BCUT2D eigenvalue weighted by atomic mass is 16.5. The van der Waals surface area contributed by atoms with Gasteiger partial charge >= 0.3 is 0 Å². The van der Waals surface area contributed by atoms with Crippen molar-refractivity contribution >= 4 is 16.7 Å². The van der Waals surface area contributed by atoms with Gasteiger partial charge in [-0.2, -0.15) is 10.5 Å². The largest absolute Gasteiger partial charge is 0.379 e. The van der Waals surface area contributed by atoms with E-state index in [4.69, 9.17) is 15.3 Å². The highest BCUT2D eigenvalue weighted by molar-refractivity contribution is 5.79. The van der Waals surface area contributed by atoms with Crippen LogP contribution >= 0.6 is 0 Å². The average molecular weight is 308 g/mol. The molecule has 1 fully saturated rings. The number of imidazole rings is 1. The second-order valence-electron chi connectivity index (χ2n) is 5.23. The van der Waals surface area contributed by atoms with E-state index < -0.39 is 0 Å². The van der Waals surface area contributed by atoms with Crippen molar-refractivity contribution in [2.24, 2.45) is 0 Å². The number of ether oxygens (including phenoxy) is 1. The molecule has 1 aromatic carbocycles. The molecule has 116 valence electrons. The summed E-state index contributed by atoms with van der Waals surface area (Å²) >= 11 is 0. The van der Waals surface area contributed by atoms with Gasteiger partial charge in [-0.1, -0.05) is 0 Å². The van der Waals surface area contributed by atoms with Crippen LogP contribution in [0.5, 0.6) is 0 Å². The summed E-state index contributed by atoms with van der Waals surface area (Å²) in [5, 5.41) is 20.4. The van der Waals surface area contributed by atoms with Crippen LogP contribution in [0.2, 0.25) is 0 Å². The van der Waals surface area contributed by atoms with Crippen LogP contribution < -0.4 is 5.32 Å². The Hall–Kier alpha value is -2.87. The number of H-pyrrole nitrogens is 1. The van der Waals surface area contributed by atoms with Crippen molar-refractivity contribution in [1.29, 1.82) is 10.5 Å². The minimum atomic E-state index is 0.0303. The molecule has 1 saturated heterocycles. The number of benzene rings is 1. The fourth-order valence-corrected chi connectivity index (χ4v) is 2.44. The summed E-state index contributed by atoms with van der Waals surface area (Å²) in [4.78, 5) is 10.2. The molecule has 1 aromatic heterocycles. The van der Waals surface area contributed by atoms with Crippen molar-refractivity contribution in [3.05, 3.63) is 35.8 Å². The number of fused-ring (bicyclic) bond motifs is 1. The molecular formula is C16H16N6O. The molecule has 0 unspecified atom stereocenters. The summed E-state index contributed by atoms with van der Waals surface area (Å²) in [5.41, 5.74) is 2.63. The monoisotopic (exact) mass is 308 g/mol. The summed E-state index contributed by atoms with van der Waals surface area (Å²) < 4.78 is 5.34. The SMILES string of the molecule is N#CC(C#N)=CNc1ccc2nc(CN3CCOCC3)[nH]c2c1. The van der Waals surface area contributed by atoms with E-state index in [0.717, 1.165) is 55.4 Å². The molecule has 3 rings (SSSR count). The Labute approximate surface area is 133 Å². The van der Waals surface area contributed by atoms with E-state index in [-0.39, 0.29) is 5.57 Å². The van der Waals surface area contributed by atoms with E-state index in [1.165, 1.54) is 6.20 Å². The summed E-state index contributed by atoms with van der Waals surface area (Å²) in [7, 11) is 0. The fourth-order valence-electron chi connectivity index (χ4n) is 2.44. The molecule has 0 amide bonds. The molecule has 2 aromatic rings. The number of anilines is 1. The first-order chi connectivity index (χ1) is 11.3. The van der Waals surface area contributed by atoms with Crippen molar-refractivity contribution in [2.45, 2.75) is 6.54 Å². The van der Waals surface area contributed by atoms with Crippen LogP contribution in [0.4, 0.5) is 5.69 Å². The fraction of sp³-hybridized carbons (Fsp3) is 0.312. The number of aromatic amines is 1. The Morgan fingerprint density at radius 2 is 2.13 bits per heavy atom. The minimum Gasteiger partial charge on any atom is -0.379 e. The van der Waals surface area contributed by atoms with E-state index >= 15 is 0 Å². The standard InChI is InChI=1S/C16H16N6O/c17-8-12(9-18)10-19-13-1-2-14-15(7-13)21-16(20-14)11-22-3-5-23-6-4-22/h1-2,7,10,19H,3-6,11H2,(H,20,21). The highest BCUT2D eigenvalue weighted by Gasteiger charge is 2.13. The third kappa shape index (κ3) is 3.67. The zero-order chi connectivity index (χ0) is 16.1. The van der Waals surface area contributed by atoms with Crippen molar-refractivity contribution in [1.82, 2.24) is 14.9 Å². The van der Waals surface area contributed by atoms with Gasteiger partial charge in [-0.15, -0.1) is 0 Å². The molecule has 1 aliphatic rings. The number of aromatic nitrogens is 2. The van der Waals surface area contributed by atoms with Gasteiger partial charge in [0.1, 0.15) is 23.5 Å². The zero-order valence-electron chi connectivity index (χ0n) is 12.5. The Balaban J connectivity index is 1.74. The molecule has 2 N–H and O–H groups in total. The topological polar surface area (TPSA) is 101 Å². The van der Waals surface area contributed by atoms with Crippen LogP contribution in [0.3, 0.4) is 0 Å². The number of morpholine rings is 1. The molecular weight excluding hydrogens is 292 g/mol. The van der Waals surface area contributed by atoms with Gasteiger partial charge in [-0.3, -0.25) is 4.90 Å². The molecule has 7 nitrogen and oxygen atoms in total. The first-order valence-corrected chi connectivity index (χ1v) is 7.34. The summed E-state index contributed by atoms with van der Waals surface area (Å²) in [6, 6.07) is 9.30. The molecule has 0 radical (unpaired) electrons. The van der Waals surface area contributed by atoms with E-state index in [2.05, 4.69) is 20.2 Å². The molecule has 2 heterocycles. The molecule has 23 heavy (non-hydrogen) atoms. The first-order valence-electron chi connectivity index (χ1n) is 7.34. The van der Waals surface area contributed by atoms with Gasteiger partial charge in [0.15, 0.2) is 0 Å². The van der Waals surface area contributed by atoms with Gasteiger partial charge in [-0.05, 0) is 18.2 Å². The lowest BCUT2D eigenvalue weighted by molar-refractivity contribution is 0.0332.